The molecule has 0 aliphatic rings. The quantitative estimate of drug-likeness (QED) is 0.827. The van der Waals surface area contributed by atoms with Gasteiger partial charge in [-0.25, -0.2) is 0 Å². The van der Waals surface area contributed by atoms with Crippen molar-refractivity contribution < 1.29 is 14.3 Å². The molecule has 0 radical (unpaired) electrons. The van der Waals surface area contributed by atoms with Gasteiger partial charge in [0, 0.05) is 17.3 Å². The van der Waals surface area contributed by atoms with Crippen LogP contribution < -0.4 is 15.4 Å². The zero-order chi connectivity index (χ0) is 16.8. The SMILES string of the molecule is COc1cc(C)ccc1NC(=O)C(=O)NC(C)Cc1cccs1. The number of ether oxygens (including phenoxy) is 1. The molecule has 0 saturated heterocycles. The van der Waals surface area contributed by atoms with Gasteiger partial charge in [-0.3, -0.25) is 9.59 Å². The molecule has 0 aliphatic heterocycles. The van der Waals surface area contributed by atoms with E-state index in [0.717, 1.165) is 5.56 Å². The van der Waals surface area contributed by atoms with Crippen LogP contribution in [0.25, 0.3) is 0 Å². The highest BCUT2D eigenvalue weighted by molar-refractivity contribution is 7.09. The molecule has 1 heterocycles. The third-order valence-electron chi connectivity index (χ3n) is 3.28. The molecule has 1 atom stereocenters. The van der Waals surface area contributed by atoms with E-state index in [9.17, 15) is 9.59 Å². The summed E-state index contributed by atoms with van der Waals surface area (Å²) in [6, 6.07) is 9.21. The van der Waals surface area contributed by atoms with Gasteiger partial charge in [0.1, 0.15) is 5.75 Å². The van der Waals surface area contributed by atoms with E-state index in [-0.39, 0.29) is 6.04 Å². The smallest absolute Gasteiger partial charge is 0.313 e. The molecule has 5 nitrogen and oxygen atoms in total. The standard InChI is InChI=1S/C17H20N2O3S/c1-11-6-7-14(15(9-11)22-3)19-17(21)16(20)18-12(2)10-13-5-4-8-23-13/h4-9,12H,10H2,1-3H3,(H,18,20)(H,19,21). The molecule has 1 aromatic heterocycles. The minimum Gasteiger partial charge on any atom is -0.495 e. The van der Waals surface area contributed by atoms with Crippen molar-refractivity contribution in [3.63, 3.8) is 0 Å². The molecule has 0 spiro atoms. The Balaban J connectivity index is 1.93. The Morgan fingerprint density at radius 1 is 1.26 bits per heavy atom. The van der Waals surface area contributed by atoms with Gasteiger partial charge in [0.05, 0.1) is 12.8 Å². The van der Waals surface area contributed by atoms with Gasteiger partial charge in [-0.2, -0.15) is 0 Å². The van der Waals surface area contributed by atoms with E-state index in [4.69, 9.17) is 4.74 Å². The van der Waals surface area contributed by atoms with E-state index in [1.165, 1.54) is 12.0 Å². The molecule has 0 bridgehead atoms. The number of aryl methyl sites for hydroxylation is 1. The van der Waals surface area contributed by atoms with Gasteiger partial charge in [0.25, 0.3) is 0 Å². The van der Waals surface area contributed by atoms with Crippen molar-refractivity contribution in [2.24, 2.45) is 0 Å². The highest BCUT2D eigenvalue weighted by Gasteiger charge is 2.18. The summed E-state index contributed by atoms with van der Waals surface area (Å²) in [6.45, 7) is 3.80. The Kier molecular flexibility index (Phi) is 5.76. The van der Waals surface area contributed by atoms with Gasteiger partial charge in [-0.1, -0.05) is 12.1 Å². The fourth-order valence-electron chi connectivity index (χ4n) is 2.15. The topological polar surface area (TPSA) is 67.4 Å². The van der Waals surface area contributed by atoms with Crippen LogP contribution in [0.2, 0.25) is 0 Å². The summed E-state index contributed by atoms with van der Waals surface area (Å²) in [5, 5.41) is 7.27. The Bertz CT molecular complexity index is 683. The third-order valence-corrected chi connectivity index (χ3v) is 4.18. The summed E-state index contributed by atoms with van der Waals surface area (Å²) in [5.41, 5.74) is 1.48. The van der Waals surface area contributed by atoms with Gasteiger partial charge in [-0.05, 0) is 43.0 Å². The average molecular weight is 332 g/mol. The maximum absolute atomic E-state index is 12.0. The summed E-state index contributed by atoms with van der Waals surface area (Å²) in [7, 11) is 1.52. The molecular formula is C17H20N2O3S. The molecular weight excluding hydrogens is 312 g/mol. The largest absolute Gasteiger partial charge is 0.495 e. The zero-order valence-electron chi connectivity index (χ0n) is 13.4. The fraction of sp³-hybridized carbons (Fsp3) is 0.294. The summed E-state index contributed by atoms with van der Waals surface area (Å²) < 4.78 is 5.21. The number of nitrogens with one attached hydrogen (secondary N) is 2. The summed E-state index contributed by atoms with van der Waals surface area (Å²) in [6.07, 6.45) is 0.699. The van der Waals surface area contributed by atoms with Crippen LogP contribution in [0.3, 0.4) is 0 Å². The zero-order valence-corrected chi connectivity index (χ0v) is 14.2. The van der Waals surface area contributed by atoms with Crippen LogP contribution >= 0.6 is 11.3 Å². The number of hydrogen-bond acceptors (Lipinski definition) is 4. The summed E-state index contributed by atoms with van der Waals surface area (Å²) >= 11 is 1.63. The normalized spacial score (nSPS) is 11.6. The van der Waals surface area contributed by atoms with Crippen molar-refractivity contribution in [3.8, 4) is 5.75 Å². The van der Waals surface area contributed by atoms with Gasteiger partial charge >= 0.3 is 11.8 Å². The van der Waals surface area contributed by atoms with E-state index < -0.39 is 11.8 Å². The second-order valence-electron chi connectivity index (χ2n) is 5.32. The Hall–Kier alpha value is -2.34. The van der Waals surface area contributed by atoms with Crippen molar-refractivity contribution in [1.29, 1.82) is 0 Å². The van der Waals surface area contributed by atoms with Crippen molar-refractivity contribution in [1.82, 2.24) is 5.32 Å². The highest BCUT2D eigenvalue weighted by Crippen LogP contribution is 2.25. The molecule has 2 aromatic rings. The van der Waals surface area contributed by atoms with Crippen LogP contribution in [-0.2, 0) is 16.0 Å². The molecule has 2 amide bonds. The third kappa shape index (κ3) is 4.82. The lowest BCUT2D eigenvalue weighted by molar-refractivity contribution is -0.136. The first-order valence-corrected chi connectivity index (χ1v) is 8.16. The van der Waals surface area contributed by atoms with Crippen LogP contribution in [0, 0.1) is 6.92 Å². The number of methoxy groups -OCH3 is 1. The first-order chi connectivity index (χ1) is 11.0. The Morgan fingerprint density at radius 3 is 2.70 bits per heavy atom. The average Bonchev–Trinajstić information content (AvgIpc) is 3.01. The fourth-order valence-corrected chi connectivity index (χ4v) is 2.99. The second kappa shape index (κ2) is 7.78. The molecule has 1 aromatic carbocycles. The van der Waals surface area contributed by atoms with Gasteiger partial charge in [0.2, 0.25) is 0 Å². The molecule has 0 aliphatic carbocycles. The number of amides is 2. The lowest BCUT2D eigenvalue weighted by atomic mass is 10.2. The first-order valence-electron chi connectivity index (χ1n) is 7.28. The molecule has 23 heavy (non-hydrogen) atoms. The van der Waals surface area contributed by atoms with Gasteiger partial charge < -0.3 is 15.4 Å². The predicted octanol–water partition coefficient (Wildman–Crippen LogP) is 2.75. The minimum atomic E-state index is -0.704. The maximum Gasteiger partial charge on any atom is 0.313 e. The monoisotopic (exact) mass is 332 g/mol. The van der Waals surface area contributed by atoms with Crippen LogP contribution in [0.5, 0.6) is 5.75 Å². The highest BCUT2D eigenvalue weighted by atomic mass is 32.1. The second-order valence-corrected chi connectivity index (χ2v) is 6.35. The van der Waals surface area contributed by atoms with E-state index in [1.54, 1.807) is 23.5 Å². The van der Waals surface area contributed by atoms with E-state index in [2.05, 4.69) is 10.6 Å². The first kappa shape index (κ1) is 17.0. The Morgan fingerprint density at radius 2 is 2.04 bits per heavy atom. The number of thiophene rings is 1. The summed E-state index contributed by atoms with van der Waals surface area (Å²) in [4.78, 5) is 25.2. The number of rotatable bonds is 5. The number of hydrogen-bond donors (Lipinski definition) is 2. The van der Waals surface area contributed by atoms with Gasteiger partial charge in [0.15, 0.2) is 0 Å². The van der Waals surface area contributed by atoms with E-state index >= 15 is 0 Å². The molecule has 0 fully saturated rings. The minimum absolute atomic E-state index is 0.119. The Labute approximate surface area is 139 Å². The van der Waals surface area contributed by atoms with E-state index in [0.29, 0.717) is 17.9 Å². The van der Waals surface area contributed by atoms with Crippen LogP contribution in [0.15, 0.2) is 35.7 Å². The predicted molar refractivity (Wildman–Crippen MR) is 92.0 cm³/mol. The maximum atomic E-state index is 12.0. The molecule has 6 heteroatoms. The van der Waals surface area contributed by atoms with Gasteiger partial charge in [-0.15, -0.1) is 11.3 Å². The number of anilines is 1. The number of benzene rings is 1. The number of carbonyl (C=O) groups excluding carboxylic acids is 2. The van der Waals surface area contributed by atoms with Crippen LogP contribution in [0.4, 0.5) is 5.69 Å². The molecule has 0 saturated carbocycles. The van der Waals surface area contributed by atoms with Crippen molar-refractivity contribution in [2.45, 2.75) is 26.3 Å². The van der Waals surface area contributed by atoms with Crippen molar-refractivity contribution in [3.05, 3.63) is 46.2 Å². The molecule has 2 N–H and O–H groups in total. The van der Waals surface area contributed by atoms with Crippen molar-refractivity contribution in [2.75, 3.05) is 12.4 Å². The molecule has 1 unspecified atom stereocenters. The van der Waals surface area contributed by atoms with E-state index in [1.807, 2.05) is 37.4 Å². The lowest BCUT2D eigenvalue weighted by Crippen LogP contribution is -2.41. The van der Waals surface area contributed by atoms with Crippen molar-refractivity contribution >= 4 is 28.8 Å². The van der Waals surface area contributed by atoms with Crippen LogP contribution in [-0.4, -0.2) is 25.0 Å². The molecule has 2 rings (SSSR count). The molecule has 122 valence electrons. The van der Waals surface area contributed by atoms with Crippen LogP contribution in [0.1, 0.15) is 17.4 Å². The lowest BCUT2D eigenvalue weighted by Gasteiger charge is -2.14. The summed E-state index contributed by atoms with van der Waals surface area (Å²) in [5.74, 6) is -0.834. The number of carbonyl (C=O) groups is 2.